The Balaban J connectivity index is 2.14. The normalized spacial score (nSPS) is 19.9. The Hall–Kier alpha value is -1.61. The van der Waals surface area contributed by atoms with Gasteiger partial charge in [-0.3, -0.25) is 0 Å². The summed E-state index contributed by atoms with van der Waals surface area (Å²) in [6.07, 6.45) is 0.939. The quantitative estimate of drug-likeness (QED) is 0.785. The van der Waals surface area contributed by atoms with E-state index >= 15 is 0 Å². The van der Waals surface area contributed by atoms with E-state index in [0.29, 0.717) is 11.6 Å². The first-order valence-corrected chi connectivity index (χ1v) is 7.07. The van der Waals surface area contributed by atoms with E-state index < -0.39 is 0 Å². The van der Waals surface area contributed by atoms with Gasteiger partial charge in [0.15, 0.2) is 0 Å². The molecule has 0 bridgehead atoms. The van der Waals surface area contributed by atoms with Crippen LogP contribution in [0.5, 0.6) is 11.5 Å². The number of fused-ring (bicyclic) bond motifs is 5. The molecular formula is C15H14ClNO2. The number of anilines is 1. The summed E-state index contributed by atoms with van der Waals surface area (Å²) < 4.78 is 5.80. The molecule has 19 heavy (non-hydrogen) atoms. The second kappa shape index (κ2) is 3.94. The van der Waals surface area contributed by atoms with Crippen LogP contribution >= 0.6 is 11.6 Å². The van der Waals surface area contributed by atoms with Gasteiger partial charge in [-0.25, -0.2) is 0 Å². The molecular weight excluding hydrogens is 262 g/mol. The molecule has 2 aliphatic rings. The average Bonchev–Trinajstić information content (AvgIpc) is 3.03. The fraction of sp³-hybridized carbons (Fsp3) is 0.333. The number of hydrogen-bond donors (Lipinski definition) is 2. The number of ether oxygens (including phenoxy) is 1. The van der Waals surface area contributed by atoms with Gasteiger partial charge in [-0.1, -0.05) is 12.1 Å². The van der Waals surface area contributed by atoms with Gasteiger partial charge in [0, 0.05) is 47.3 Å². The zero-order valence-corrected chi connectivity index (χ0v) is 11.1. The second-order valence-electron chi connectivity index (χ2n) is 5.16. The van der Waals surface area contributed by atoms with Crippen molar-refractivity contribution in [3.05, 3.63) is 29.3 Å². The Kier molecular flexibility index (Phi) is 2.33. The largest absolute Gasteiger partial charge is 0.507 e. The SMILES string of the molecule is Oc1cc2c(c3c4c(ccc13)CCO4)C(CCl)CN2. The number of phenolic OH excluding ortho intramolecular Hbond substituents is 1. The van der Waals surface area contributed by atoms with Crippen molar-refractivity contribution >= 4 is 28.1 Å². The first-order valence-electron chi connectivity index (χ1n) is 6.53. The molecule has 0 aliphatic carbocycles. The minimum atomic E-state index is 0.274. The maximum Gasteiger partial charge on any atom is 0.130 e. The van der Waals surface area contributed by atoms with Crippen molar-refractivity contribution < 1.29 is 9.84 Å². The molecule has 0 radical (unpaired) electrons. The monoisotopic (exact) mass is 275 g/mol. The summed E-state index contributed by atoms with van der Waals surface area (Å²) in [6, 6.07) is 5.84. The molecule has 4 heteroatoms. The van der Waals surface area contributed by atoms with Gasteiger partial charge in [-0.05, 0) is 11.1 Å². The van der Waals surface area contributed by atoms with E-state index in [0.717, 1.165) is 41.8 Å². The number of halogens is 1. The van der Waals surface area contributed by atoms with Crippen molar-refractivity contribution in [1.82, 2.24) is 0 Å². The van der Waals surface area contributed by atoms with Gasteiger partial charge in [0.05, 0.1) is 6.61 Å². The number of rotatable bonds is 1. The lowest BCUT2D eigenvalue weighted by molar-refractivity contribution is 0.360. The molecule has 1 atom stereocenters. The molecule has 2 heterocycles. The summed E-state index contributed by atoms with van der Waals surface area (Å²) in [4.78, 5) is 0. The highest BCUT2D eigenvalue weighted by atomic mass is 35.5. The summed E-state index contributed by atoms with van der Waals surface area (Å²) in [6.45, 7) is 1.54. The van der Waals surface area contributed by atoms with Crippen LogP contribution in [0, 0.1) is 0 Å². The highest BCUT2D eigenvalue weighted by Gasteiger charge is 2.29. The average molecular weight is 276 g/mol. The summed E-state index contributed by atoms with van der Waals surface area (Å²) in [5, 5.41) is 15.4. The molecule has 0 saturated carbocycles. The van der Waals surface area contributed by atoms with Crippen LogP contribution in [0.2, 0.25) is 0 Å². The summed E-state index contributed by atoms with van der Waals surface area (Å²) in [5.41, 5.74) is 3.40. The molecule has 2 aliphatic heterocycles. The Morgan fingerprint density at radius 3 is 3.16 bits per heavy atom. The number of nitrogens with one attached hydrogen (secondary N) is 1. The Labute approximate surface area is 116 Å². The summed E-state index contributed by atoms with van der Waals surface area (Å²) >= 11 is 6.08. The molecule has 1 unspecified atom stereocenters. The standard InChI is InChI=1S/C15H14ClNO2/c16-6-9-7-17-11-5-12(18)10-2-1-8-3-4-19-15(8)14(10)13(9)11/h1-2,5,9,17-18H,3-4,6-7H2. The molecule has 2 aromatic carbocycles. The van der Waals surface area contributed by atoms with Crippen LogP contribution in [0.3, 0.4) is 0 Å². The zero-order valence-electron chi connectivity index (χ0n) is 10.4. The Bertz CT molecular complexity index is 684. The fourth-order valence-electron chi connectivity index (χ4n) is 3.20. The highest BCUT2D eigenvalue weighted by Crippen LogP contribution is 2.47. The van der Waals surface area contributed by atoms with Crippen LogP contribution in [-0.4, -0.2) is 24.1 Å². The molecule has 2 aromatic rings. The third-order valence-corrected chi connectivity index (χ3v) is 4.48. The molecule has 4 rings (SSSR count). The molecule has 0 spiro atoms. The van der Waals surface area contributed by atoms with E-state index in [-0.39, 0.29) is 5.92 Å². The molecule has 3 nitrogen and oxygen atoms in total. The van der Waals surface area contributed by atoms with Crippen LogP contribution in [0.25, 0.3) is 10.8 Å². The van der Waals surface area contributed by atoms with Crippen molar-refractivity contribution in [2.24, 2.45) is 0 Å². The molecule has 0 fully saturated rings. The molecule has 0 amide bonds. The Morgan fingerprint density at radius 2 is 2.32 bits per heavy atom. The fourth-order valence-corrected chi connectivity index (χ4v) is 3.46. The third-order valence-electron chi connectivity index (χ3n) is 4.11. The van der Waals surface area contributed by atoms with Crippen molar-refractivity contribution in [1.29, 1.82) is 0 Å². The van der Waals surface area contributed by atoms with Gasteiger partial charge in [0.2, 0.25) is 0 Å². The lowest BCUT2D eigenvalue weighted by atomic mass is 9.93. The van der Waals surface area contributed by atoms with Crippen LogP contribution in [0.1, 0.15) is 17.0 Å². The first-order chi connectivity index (χ1) is 9.29. The molecule has 0 aromatic heterocycles. The zero-order chi connectivity index (χ0) is 13.0. The Morgan fingerprint density at radius 1 is 1.42 bits per heavy atom. The smallest absolute Gasteiger partial charge is 0.130 e. The lowest BCUT2D eigenvalue weighted by Crippen LogP contribution is -2.03. The van der Waals surface area contributed by atoms with E-state index in [9.17, 15) is 5.11 Å². The molecule has 98 valence electrons. The third kappa shape index (κ3) is 1.45. The van der Waals surface area contributed by atoms with E-state index in [1.165, 1.54) is 11.1 Å². The van der Waals surface area contributed by atoms with E-state index in [4.69, 9.17) is 16.3 Å². The van der Waals surface area contributed by atoms with Crippen molar-refractivity contribution in [3.63, 3.8) is 0 Å². The van der Waals surface area contributed by atoms with Gasteiger partial charge in [-0.15, -0.1) is 11.6 Å². The number of alkyl halides is 1. The lowest BCUT2D eigenvalue weighted by Gasteiger charge is -2.14. The minimum absolute atomic E-state index is 0.274. The second-order valence-corrected chi connectivity index (χ2v) is 5.47. The summed E-state index contributed by atoms with van der Waals surface area (Å²) in [5.74, 6) is 2.08. The predicted octanol–water partition coefficient (Wildman–Crippen LogP) is 3.23. The number of aromatic hydroxyl groups is 1. The first kappa shape index (κ1) is 11.2. The number of benzene rings is 2. The van der Waals surface area contributed by atoms with Crippen LogP contribution < -0.4 is 10.1 Å². The topological polar surface area (TPSA) is 41.5 Å². The van der Waals surface area contributed by atoms with Crippen LogP contribution in [-0.2, 0) is 6.42 Å². The van der Waals surface area contributed by atoms with Crippen LogP contribution in [0.4, 0.5) is 5.69 Å². The van der Waals surface area contributed by atoms with Gasteiger partial charge < -0.3 is 15.2 Å². The van der Waals surface area contributed by atoms with Gasteiger partial charge >= 0.3 is 0 Å². The molecule has 2 N–H and O–H groups in total. The van der Waals surface area contributed by atoms with E-state index in [1.54, 1.807) is 6.07 Å². The van der Waals surface area contributed by atoms with Crippen molar-refractivity contribution in [2.75, 3.05) is 24.3 Å². The highest BCUT2D eigenvalue weighted by molar-refractivity contribution is 6.19. The summed E-state index contributed by atoms with van der Waals surface area (Å²) in [7, 11) is 0. The van der Waals surface area contributed by atoms with Gasteiger partial charge in [0.1, 0.15) is 11.5 Å². The van der Waals surface area contributed by atoms with Crippen molar-refractivity contribution in [3.8, 4) is 11.5 Å². The van der Waals surface area contributed by atoms with Crippen molar-refractivity contribution in [2.45, 2.75) is 12.3 Å². The maximum atomic E-state index is 10.2. The predicted molar refractivity (Wildman–Crippen MR) is 76.8 cm³/mol. The molecule has 0 saturated heterocycles. The maximum absolute atomic E-state index is 10.2. The minimum Gasteiger partial charge on any atom is -0.507 e. The van der Waals surface area contributed by atoms with Gasteiger partial charge in [-0.2, -0.15) is 0 Å². The van der Waals surface area contributed by atoms with E-state index in [1.807, 2.05) is 6.07 Å². The number of hydrogen-bond acceptors (Lipinski definition) is 3. The van der Waals surface area contributed by atoms with E-state index in [2.05, 4.69) is 11.4 Å². The van der Waals surface area contributed by atoms with Crippen LogP contribution in [0.15, 0.2) is 18.2 Å². The number of phenols is 1. The van der Waals surface area contributed by atoms with Gasteiger partial charge in [0.25, 0.3) is 0 Å².